The Morgan fingerprint density at radius 1 is 1.04 bits per heavy atom. The molecule has 2 heterocycles. The first-order chi connectivity index (χ1) is 13.0. The number of fused-ring (bicyclic) bond motifs is 2. The minimum absolute atomic E-state index is 0.0379. The van der Waals surface area contributed by atoms with Crippen LogP contribution in [0.5, 0.6) is 0 Å². The van der Waals surface area contributed by atoms with E-state index >= 15 is 0 Å². The van der Waals surface area contributed by atoms with Gasteiger partial charge in [0.25, 0.3) is 5.91 Å². The molecule has 0 atom stereocenters. The van der Waals surface area contributed by atoms with E-state index in [0.717, 1.165) is 34.6 Å². The standard InChI is InChI=1S/C21H20N4O2/c1-13-14(2)24-18-11-16(7-8-17(18)23-13)21(27)22-12-20(26)25-10-9-15-5-3-4-6-19(15)25/h3-8,11H,9-10,12H2,1-2H3,(H,22,27). The van der Waals surface area contributed by atoms with Crippen molar-refractivity contribution in [2.45, 2.75) is 20.3 Å². The van der Waals surface area contributed by atoms with Gasteiger partial charge in [-0.1, -0.05) is 18.2 Å². The average molecular weight is 360 g/mol. The van der Waals surface area contributed by atoms with Crippen molar-refractivity contribution in [3.05, 3.63) is 65.0 Å². The maximum absolute atomic E-state index is 12.5. The normalized spacial score (nSPS) is 12.9. The molecule has 0 saturated heterocycles. The topological polar surface area (TPSA) is 75.2 Å². The van der Waals surface area contributed by atoms with Gasteiger partial charge in [-0.05, 0) is 50.1 Å². The molecule has 0 unspecified atom stereocenters. The van der Waals surface area contributed by atoms with E-state index in [9.17, 15) is 9.59 Å². The molecule has 136 valence electrons. The number of para-hydroxylation sites is 1. The van der Waals surface area contributed by atoms with E-state index in [-0.39, 0.29) is 18.4 Å². The summed E-state index contributed by atoms with van der Waals surface area (Å²) in [5.74, 6) is -0.405. The number of carbonyl (C=O) groups is 2. The van der Waals surface area contributed by atoms with Crippen molar-refractivity contribution in [3.8, 4) is 0 Å². The van der Waals surface area contributed by atoms with Crippen molar-refractivity contribution >= 4 is 28.5 Å². The quantitative estimate of drug-likeness (QED) is 0.779. The van der Waals surface area contributed by atoms with E-state index in [1.54, 1.807) is 23.1 Å². The van der Waals surface area contributed by atoms with Gasteiger partial charge in [0.05, 0.1) is 29.0 Å². The highest BCUT2D eigenvalue weighted by Crippen LogP contribution is 2.27. The van der Waals surface area contributed by atoms with Crippen LogP contribution in [0, 0.1) is 13.8 Å². The largest absolute Gasteiger partial charge is 0.343 e. The van der Waals surface area contributed by atoms with E-state index in [1.807, 2.05) is 38.1 Å². The predicted octanol–water partition coefficient (Wildman–Crippen LogP) is 2.57. The second-order valence-electron chi connectivity index (χ2n) is 6.70. The highest BCUT2D eigenvalue weighted by atomic mass is 16.2. The van der Waals surface area contributed by atoms with Crippen molar-refractivity contribution in [1.82, 2.24) is 15.3 Å². The minimum Gasteiger partial charge on any atom is -0.343 e. The molecule has 0 saturated carbocycles. The second kappa shape index (κ2) is 6.79. The second-order valence-corrected chi connectivity index (χ2v) is 6.70. The molecule has 2 amide bonds. The number of aryl methyl sites for hydroxylation is 2. The number of amides is 2. The summed E-state index contributed by atoms with van der Waals surface area (Å²) in [6, 6.07) is 13.1. The first-order valence-corrected chi connectivity index (χ1v) is 8.94. The molecule has 6 nitrogen and oxygen atoms in total. The molecule has 27 heavy (non-hydrogen) atoms. The van der Waals surface area contributed by atoms with Crippen LogP contribution in [0.1, 0.15) is 27.3 Å². The van der Waals surface area contributed by atoms with E-state index in [2.05, 4.69) is 15.3 Å². The molecule has 0 radical (unpaired) electrons. The lowest BCUT2D eigenvalue weighted by atomic mass is 10.1. The van der Waals surface area contributed by atoms with Crippen LogP contribution < -0.4 is 10.2 Å². The summed E-state index contributed by atoms with van der Waals surface area (Å²) in [6.07, 6.45) is 0.845. The Balaban J connectivity index is 1.46. The van der Waals surface area contributed by atoms with Crippen molar-refractivity contribution < 1.29 is 9.59 Å². The van der Waals surface area contributed by atoms with Crippen molar-refractivity contribution in [2.24, 2.45) is 0 Å². The lowest BCUT2D eigenvalue weighted by molar-refractivity contribution is -0.117. The molecule has 0 aliphatic carbocycles. The van der Waals surface area contributed by atoms with Gasteiger partial charge in [-0.3, -0.25) is 9.59 Å². The maximum atomic E-state index is 12.5. The summed E-state index contributed by atoms with van der Waals surface area (Å²) >= 11 is 0. The van der Waals surface area contributed by atoms with E-state index in [0.29, 0.717) is 17.6 Å². The first-order valence-electron chi connectivity index (χ1n) is 8.94. The zero-order valence-corrected chi connectivity index (χ0v) is 15.3. The van der Waals surface area contributed by atoms with Gasteiger partial charge in [0.15, 0.2) is 0 Å². The fourth-order valence-corrected chi connectivity index (χ4v) is 3.32. The SMILES string of the molecule is Cc1nc2ccc(C(=O)NCC(=O)N3CCc4ccccc43)cc2nc1C. The zero-order chi connectivity index (χ0) is 19.0. The molecular weight excluding hydrogens is 340 g/mol. The molecule has 0 spiro atoms. The van der Waals surface area contributed by atoms with Crippen LogP contribution in [-0.4, -0.2) is 34.9 Å². The Morgan fingerprint density at radius 2 is 1.78 bits per heavy atom. The van der Waals surface area contributed by atoms with E-state index < -0.39 is 0 Å². The fourth-order valence-electron chi connectivity index (χ4n) is 3.32. The maximum Gasteiger partial charge on any atom is 0.251 e. The molecule has 1 aliphatic rings. The molecule has 0 fully saturated rings. The number of benzene rings is 2. The van der Waals surface area contributed by atoms with Crippen LogP contribution in [0.3, 0.4) is 0 Å². The number of aromatic nitrogens is 2. The predicted molar refractivity (Wildman–Crippen MR) is 104 cm³/mol. The third kappa shape index (κ3) is 3.26. The van der Waals surface area contributed by atoms with E-state index in [1.165, 1.54) is 0 Å². The first kappa shape index (κ1) is 17.1. The number of nitrogens with zero attached hydrogens (tertiary/aromatic N) is 3. The lowest BCUT2D eigenvalue weighted by Gasteiger charge is -2.17. The Morgan fingerprint density at radius 3 is 2.59 bits per heavy atom. The zero-order valence-electron chi connectivity index (χ0n) is 15.3. The van der Waals surface area contributed by atoms with Gasteiger partial charge in [0, 0.05) is 17.8 Å². The smallest absolute Gasteiger partial charge is 0.251 e. The number of anilines is 1. The molecule has 4 rings (SSSR count). The van der Waals surface area contributed by atoms with Crippen molar-refractivity contribution in [2.75, 3.05) is 18.0 Å². The van der Waals surface area contributed by atoms with Crippen LogP contribution in [0.4, 0.5) is 5.69 Å². The van der Waals surface area contributed by atoms with Crippen molar-refractivity contribution in [3.63, 3.8) is 0 Å². The molecular formula is C21H20N4O2. The molecule has 0 bridgehead atoms. The van der Waals surface area contributed by atoms with E-state index in [4.69, 9.17) is 0 Å². The molecule has 1 aromatic heterocycles. The van der Waals surface area contributed by atoms with Crippen LogP contribution >= 0.6 is 0 Å². The van der Waals surface area contributed by atoms with Crippen LogP contribution in [-0.2, 0) is 11.2 Å². The summed E-state index contributed by atoms with van der Waals surface area (Å²) in [7, 11) is 0. The third-order valence-corrected chi connectivity index (χ3v) is 4.93. The highest BCUT2D eigenvalue weighted by molar-refractivity contribution is 6.02. The van der Waals surface area contributed by atoms with Gasteiger partial charge in [0.1, 0.15) is 0 Å². The van der Waals surface area contributed by atoms with Crippen LogP contribution in [0.2, 0.25) is 0 Å². The summed E-state index contributed by atoms with van der Waals surface area (Å²) in [5, 5.41) is 2.72. The van der Waals surface area contributed by atoms with Gasteiger partial charge in [0.2, 0.25) is 5.91 Å². The summed E-state index contributed by atoms with van der Waals surface area (Å²) in [5.41, 5.74) is 5.69. The number of nitrogens with one attached hydrogen (secondary N) is 1. The van der Waals surface area contributed by atoms with Gasteiger partial charge < -0.3 is 10.2 Å². The fraction of sp³-hybridized carbons (Fsp3) is 0.238. The third-order valence-electron chi connectivity index (χ3n) is 4.93. The summed E-state index contributed by atoms with van der Waals surface area (Å²) in [4.78, 5) is 35.7. The summed E-state index contributed by atoms with van der Waals surface area (Å²) < 4.78 is 0. The Bertz CT molecular complexity index is 1060. The van der Waals surface area contributed by atoms with Gasteiger partial charge in [-0.15, -0.1) is 0 Å². The summed E-state index contributed by atoms with van der Waals surface area (Å²) in [6.45, 7) is 4.41. The average Bonchev–Trinajstić information content (AvgIpc) is 3.10. The number of carbonyl (C=O) groups excluding carboxylic acids is 2. The van der Waals surface area contributed by atoms with Crippen LogP contribution in [0.15, 0.2) is 42.5 Å². The molecule has 3 aromatic rings. The van der Waals surface area contributed by atoms with Crippen LogP contribution in [0.25, 0.3) is 11.0 Å². The van der Waals surface area contributed by atoms with Crippen molar-refractivity contribution in [1.29, 1.82) is 0 Å². The number of hydrogen-bond acceptors (Lipinski definition) is 4. The minimum atomic E-state index is -0.294. The Labute approximate surface area is 157 Å². The molecule has 2 aromatic carbocycles. The lowest BCUT2D eigenvalue weighted by Crippen LogP contribution is -2.39. The number of rotatable bonds is 3. The highest BCUT2D eigenvalue weighted by Gasteiger charge is 2.24. The monoisotopic (exact) mass is 360 g/mol. The molecule has 1 N–H and O–H groups in total. The molecule has 6 heteroatoms. The Hall–Kier alpha value is -3.28. The van der Waals surface area contributed by atoms with Gasteiger partial charge in [-0.25, -0.2) is 9.97 Å². The van der Waals surface area contributed by atoms with Gasteiger partial charge >= 0.3 is 0 Å². The molecule has 1 aliphatic heterocycles. The number of hydrogen-bond donors (Lipinski definition) is 1. The van der Waals surface area contributed by atoms with Gasteiger partial charge in [-0.2, -0.15) is 0 Å². The Kier molecular flexibility index (Phi) is 4.32.